The lowest BCUT2D eigenvalue weighted by Crippen LogP contribution is -2.32. The predicted molar refractivity (Wildman–Crippen MR) is 77.5 cm³/mol. The smallest absolute Gasteiger partial charge is 0.0410 e. The molecule has 0 aromatic carbocycles. The van der Waals surface area contributed by atoms with Gasteiger partial charge in [0.2, 0.25) is 0 Å². The van der Waals surface area contributed by atoms with Gasteiger partial charge in [0.25, 0.3) is 0 Å². The topological polar surface area (TPSA) is 29.3 Å². The third-order valence-electron chi connectivity index (χ3n) is 3.51. The highest BCUT2D eigenvalue weighted by atomic mass is 32.1. The van der Waals surface area contributed by atoms with Crippen LogP contribution in [0.1, 0.15) is 43.0 Å². The van der Waals surface area contributed by atoms with Gasteiger partial charge < -0.3 is 5.73 Å². The molecule has 3 heteroatoms. The zero-order chi connectivity index (χ0) is 13.0. The molecule has 1 rings (SSSR count). The third-order valence-corrected chi connectivity index (χ3v) is 4.68. The first-order valence-electron chi connectivity index (χ1n) is 6.44. The molecule has 2 unspecified atom stereocenters. The number of nitrogens with zero attached hydrogens (tertiary/aromatic N) is 1. The maximum Gasteiger partial charge on any atom is 0.0410 e. The van der Waals surface area contributed by atoms with Crippen molar-refractivity contribution in [2.45, 2.75) is 46.2 Å². The minimum Gasteiger partial charge on any atom is -0.327 e. The van der Waals surface area contributed by atoms with Crippen LogP contribution in [0.25, 0.3) is 0 Å². The Labute approximate surface area is 110 Å². The highest BCUT2D eigenvalue weighted by Crippen LogP contribution is 2.26. The molecule has 0 aliphatic heterocycles. The molecule has 0 amide bonds. The molecule has 0 aliphatic carbocycles. The average Bonchev–Trinajstić information content (AvgIpc) is 2.70. The molecule has 0 bridgehead atoms. The van der Waals surface area contributed by atoms with Crippen LogP contribution in [0.15, 0.2) is 12.1 Å². The number of rotatable bonds is 6. The van der Waals surface area contributed by atoms with Crippen molar-refractivity contribution in [3.05, 3.63) is 21.9 Å². The second-order valence-corrected chi connectivity index (χ2v) is 6.62. The van der Waals surface area contributed by atoms with E-state index in [0.29, 0.717) is 18.0 Å². The Balaban J connectivity index is 2.45. The molecule has 0 saturated heterocycles. The molecule has 0 spiro atoms. The van der Waals surface area contributed by atoms with Gasteiger partial charge in [-0.25, -0.2) is 0 Å². The molecule has 1 aromatic heterocycles. The molecular weight excluding hydrogens is 228 g/mol. The lowest BCUT2D eigenvalue weighted by atomic mass is 10.0. The van der Waals surface area contributed by atoms with Crippen LogP contribution in [0.5, 0.6) is 0 Å². The molecule has 17 heavy (non-hydrogen) atoms. The van der Waals surface area contributed by atoms with Crippen molar-refractivity contribution in [3.8, 4) is 0 Å². The van der Waals surface area contributed by atoms with E-state index in [1.807, 2.05) is 11.3 Å². The highest BCUT2D eigenvalue weighted by Gasteiger charge is 2.15. The fourth-order valence-corrected chi connectivity index (χ4v) is 2.77. The van der Waals surface area contributed by atoms with E-state index in [2.05, 4.69) is 51.8 Å². The van der Waals surface area contributed by atoms with Crippen LogP contribution in [0.3, 0.4) is 0 Å². The van der Waals surface area contributed by atoms with E-state index in [1.54, 1.807) is 0 Å². The standard InChI is InChI=1S/C14H26N2S/c1-10(2)13(15)8-9-16(5)12(4)14-7-6-11(3)17-14/h6-7,10,12-13H,8-9,15H2,1-5H3. The van der Waals surface area contributed by atoms with E-state index in [4.69, 9.17) is 5.73 Å². The fraction of sp³-hybridized carbons (Fsp3) is 0.714. The second-order valence-electron chi connectivity index (χ2n) is 5.30. The predicted octanol–water partition coefficient (Wildman–Crippen LogP) is 3.42. The molecule has 1 aromatic rings. The monoisotopic (exact) mass is 254 g/mol. The maximum atomic E-state index is 6.08. The van der Waals surface area contributed by atoms with Gasteiger partial charge in [-0.1, -0.05) is 13.8 Å². The molecule has 2 nitrogen and oxygen atoms in total. The van der Waals surface area contributed by atoms with Gasteiger partial charge in [0, 0.05) is 21.8 Å². The number of hydrogen-bond donors (Lipinski definition) is 1. The van der Waals surface area contributed by atoms with Gasteiger partial charge in [-0.2, -0.15) is 0 Å². The van der Waals surface area contributed by atoms with Gasteiger partial charge in [-0.05, 0) is 51.9 Å². The van der Waals surface area contributed by atoms with Crippen molar-refractivity contribution in [1.29, 1.82) is 0 Å². The van der Waals surface area contributed by atoms with Gasteiger partial charge in [-0.15, -0.1) is 11.3 Å². The Bertz CT molecular complexity index is 333. The first kappa shape index (κ1) is 14.7. The van der Waals surface area contributed by atoms with Crippen molar-refractivity contribution in [1.82, 2.24) is 4.90 Å². The van der Waals surface area contributed by atoms with Gasteiger partial charge in [0.05, 0.1) is 0 Å². The van der Waals surface area contributed by atoms with Gasteiger partial charge in [0.15, 0.2) is 0 Å². The summed E-state index contributed by atoms with van der Waals surface area (Å²) < 4.78 is 0. The fourth-order valence-electron chi connectivity index (χ4n) is 1.77. The Morgan fingerprint density at radius 2 is 1.94 bits per heavy atom. The molecule has 98 valence electrons. The summed E-state index contributed by atoms with van der Waals surface area (Å²) in [5.74, 6) is 0.572. The van der Waals surface area contributed by atoms with Crippen molar-refractivity contribution in [2.24, 2.45) is 11.7 Å². The molecular formula is C14H26N2S. The number of thiophene rings is 1. The number of nitrogens with two attached hydrogens (primary N) is 1. The number of aryl methyl sites for hydroxylation is 1. The van der Waals surface area contributed by atoms with E-state index >= 15 is 0 Å². The van der Waals surface area contributed by atoms with Crippen LogP contribution in [-0.4, -0.2) is 24.5 Å². The zero-order valence-corrected chi connectivity index (χ0v) is 12.6. The first-order valence-corrected chi connectivity index (χ1v) is 7.25. The summed E-state index contributed by atoms with van der Waals surface area (Å²) in [6, 6.07) is 5.25. The molecule has 0 saturated carbocycles. The molecule has 0 radical (unpaired) electrons. The minimum atomic E-state index is 0.315. The molecule has 2 N–H and O–H groups in total. The van der Waals surface area contributed by atoms with E-state index in [1.165, 1.54) is 9.75 Å². The van der Waals surface area contributed by atoms with E-state index in [0.717, 1.165) is 13.0 Å². The Morgan fingerprint density at radius 3 is 2.41 bits per heavy atom. The van der Waals surface area contributed by atoms with Gasteiger partial charge in [0.1, 0.15) is 0 Å². The highest BCUT2D eigenvalue weighted by molar-refractivity contribution is 7.12. The van der Waals surface area contributed by atoms with Crippen LogP contribution >= 0.6 is 11.3 Å². The van der Waals surface area contributed by atoms with Gasteiger partial charge in [-0.3, -0.25) is 4.90 Å². The molecule has 1 heterocycles. The Hall–Kier alpha value is -0.380. The van der Waals surface area contributed by atoms with Crippen LogP contribution in [0.4, 0.5) is 0 Å². The summed E-state index contributed by atoms with van der Waals surface area (Å²) >= 11 is 1.89. The number of hydrogen-bond acceptors (Lipinski definition) is 3. The summed E-state index contributed by atoms with van der Waals surface area (Å²) in [7, 11) is 2.19. The van der Waals surface area contributed by atoms with Crippen molar-refractivity contribution >= 4 is 11.3 Å². The Kier molecular flexibility index (Phi) is 5.63. The van der Waals surface area contributed by atoms with E-state index in [-0.39, 0.29) is 0 Å². The molecule has 0 fully saturated rings. The van der Waals surface area contributed by atoms with Crippen molar-refractivity contribution < 1.29 is 0 Å². The van der Waals surface area contributed by atoms with Crippen LogP contribution in [0, 0.1) is 12.8 Å². The van der Waals surface area contributed by atoms with Crippen LogP contribution < -0.4 is 5.73 Å². The van der Waals surface area contributed by atoms with Crippen molar-refractivity contribution in [2.75, 3.05) is 13.6 Å². The minimum absolute atomic E-state index is 0.315. The lowest BCUT2D eigenvalue weighted by molar-refractivity contribution is 0.246. The molecule has 2 atom stereocenters. The summed E-state index contributed by atoms with van der Waals surface area (Å²) in [6.07, 6.45) is 1.07. The van der Waals surface area contributed by atoms with Crippen molar-refractivity contribution in [3.63, 3.8) is 0 Å². The largest absolute Gasteiger partial charge is 0.327 e. The summed E-state index contributed by atoms with van der Waals surface area (Å²) in [4.78, 5) is 5.23. The SMILES string of the molecule is Cc1ccc(C(C)N(C)CCC(N)C(C)C)s1. The second kappa shape index (κ2) is 6.53. The normalized spacial score (nSPS) is 15.5. The summed E-state index contributed by atoms with van der Waals surface area (Å²) in [6.45, 7) is 9.88. The maximum absolute atomic E-state index is 6.08. The zero-order valence-electron chi connectivity index (χ0n) is 11.7. The van der Waals surface area contributed by atoms with Crippen LogP contribution in [-0.2, 0) is 0 Å². The summed E-state index contributed by atoms with van der Waals surface area (Å²) in [5.41, 5.74) is 6.08. The van der Waals surface area contributed by atoms with Gasteiger partial charge >= 0.3 is 0 Å². The lowest BCUT2D eigenvalue weighted by Gasteiger charge is -2.26. The van der Waals surface area contributed by atoms with Crippen LogP contribution in [0.2, 0.25) is 0 Å². The average molecular weight is 254 g/mol. The quantitative estimate of drug-likeness (QED) is 0.843. The van der Waals surface area contributed by atoms with E-state index in [9.17, 15) is 0 Å². The summed E-state index contributed by atoms with van der Waals surface area (Å²) in [5, 5.41) is 0. The third kappa shape index (κ3) is 4.41. The first-order chi connectivity index (χ1) is 7.91. The Morgan fingerprint density at radius 1 is 1.29 bits per heavy atom. The molecule has 0 aliphatic rings. The van der Waals surface area contributed by atoms with E-state index < -0.39 is 0 Å².